The first-order chi connectivity index (χ1) is 7.66. The van der Waals surface area contributed by atoms with Gasteiger partial charge in [-0.15, -0.1) is 0 Å². The Kier molecular flexibility index (Phi) is 4.77. The van der Waals surface area contributed by atoms with E-state index in [-0.39, 0.29) is 0 Å². The smallest absolute Gasteiger partial charge is 0.252 e. The molecule has 7 N–H and O–H groups in total. The van der Waals surface area contributed by atoms with E-state index in [0.29, 0.717) is 0 Å². The van der Waals surface area contributed by atoms with E-state index in [1.165, 1.54) is 0 Å². The first-order valence-electron chi connectivity index (χ1n) is 4.83. The zero-order chi connectivity index (χ0) is 13.8. The van der Waals surface area contributed by atoms with E-state index < -0.39 is 49.1 Å². The normalized spacial score (nSPS) is 21.4. The third-order valence-corrected chi connectivity index (χ3v) is 2.16. The molecule has 0 aliphatic heterocycles. The molecule has 16 heavy (non-hydrogen) atoms. The topological polar surface area (TPSA) is 161 Å². The molecule has 0 aromatic carbocycles. The van der Waals surface area contributed by atoms with Crippen molar-refractivity contribution in [1.29, 1.82) is 0 Å². The Morgan fingerprint density at radius 3 is 2.31 bits per heavy atom. The molecule has 8 heteroatoms. The predicted molar refractivity (Wildman–Crippen MR) is 49.9 cm³/mol. The van der Waals surface area contributed by atoms with Gasteiger partial charge in [0.05, 0.1) is 6.61 Å². The fourth-order valence-electron chi connectivity index (χ4n) is 1.05. The van der Waals surface area contributed by atoms with Crippen molar-refractivity contribution in [3.05, 3.63) is 0 Å². The third kappa shape index (κ3) is 2.97. The SMILES string of the molecule is [2H]C(=O)C[C@](O)(C(N)=O)[C@@H](O)[C@@H](O)[C@H](O)CO. The molecule has 94 valence electrons. The summed E-state index contributed by atoms with van der Waals surface area (Å²) >= 11 is 0. The number of aliphatic hydroxyl groups is 5. The number of hydrogen-bond donors (Lipinski definition) is 6. The summed E-state index contributed by atoms with van der Waals surface area (Å²) < 4.78 is 6.60. The quantitative estimate of drug-likeness (QED) is 0.245. The average Bonchev–Trinajstić information content (AvgIpc) is 2.24. The van der Waals surface area contributed by atoms with Crippen LogP contribution in [0.25, 0.3) is 0 Å². The van der Waals surface area contributed by atoms with Crippen molar-refractivity contribution in [1.82, 2.24) is 0 Å². The van der Waals surface area contributed by atoms with Crippen LogP contribution in [0.3, 0.4) is 0 Å². The number of carbonyl (C=O) groups excluding carboxylic acids is 2. The highest BCUT2D eigenvalue weighted by atomic mass is 16.4. The average molecular weight is 238 g/mol. The van der Waals surface area contributed by atoms with Gasteiger partial charge in [0.25, 0.3) is 5.91 Å². The Bertz CT molecular complexity index is 300. The summed E-state index contributed by atoms with van der Waals surface area (Å²) in [7, 11) is 0. The number of carbonyl (C=O) groups is 2. The first kappa shape index (κ1) is 13.0. The maximum atomic E-state index is 10.9. The van der Waals surface area contributed by atoms with Crippen molar-refractivity contribution >= 4 is 12.2 Å². The second kappa shape index (κ2) is 5.87. The number of nitrogens with two attached hydrogens (primary N) is 1. The van der Waals surface area contributed by atoms with Gasteiger partial charge in [0.2, 0.25) is 0 Å². The van der Waals surface area contributed by atoms with Crippen molar-refractivity contribution in [2.75, 3.05) is 6.61 Å². The highest BCUT2D eigenvalue weighted by Gasteiger charge is 2.46. The number of aldehydes is 1. The molecular formula is C8H15NO7. The Hall–Kier alpha value is -1.06. The number of rotatable bonds is 7. The van der Waals surface area contributed by atoms with Crippen LogP contribution in [0.4, 0.5) is 0 Å². The van der Waals surface area contributed by atoms with Crippen LogP contribution >= 0.6 is 0 Å². The summed E-state index contributed by atoms with van der Waals surface area (Å²) in [5, 5.41) is 45.9. The zero-order valence-corrected chi connectivity index (χ0v) is 8.28. The van der Waals surface area contributed by atoms with E-state index in [1.807, 2.05) is 0 Å². The monoisotopic (exact) mass is 238 g/mol. The van der Waals surface area contributed by atoms with Gasteiger partial charge >= 0.3 is 0 Å². The highest BCUT2D eigenvalue weighted by molar-refractivity contribution is 5.86. The third-order valence-electron chi connectivity index (χ3n) is 2.16. The summed E-state index contributed by atoms with van der Waals surface area (Å²) in [5.41, 5.74) is 1.88. The van der Waals surface area contributed by atoms with Crippen molar-refractivity contribution in [2.45, 2.75) is 30.3 Å². The molecule has 0 saturated carbocycles. The predicted octanol–water partition coefficient (Wildman–Crippen LogP) is -4.13. The van der Waals surface area contributed by atoms with Crippen LogP contribution in [0.1, 0.15) is 7.79 Å². The molecule has 0 bridgehead atoms. The van der Waals surface area contributed by atoms with E-state index in [1.54, 1.807) is 0 Å². The van der Waals surface area contributed by atoms with E-state index in [2.05, 4.69) is 0 Å². The lowest BCUT2D eigenvalue weighted by Crippen LogP contribution is -2.60. The number of amides is 1. The molecule has 0 heterocycles. The first-order valence-corrected chi connectivity index (χ1v) is 4.33. The molecule has 0 aromatic rings. The van der Waals surface area contributed by atoms with E-state index in [4.69, 9.17) is 17.3 Å². The van der Waals surface area contributed by atoms with Crippen molar-refractivity contribution in [3.63, 3.8) is 0 Å². The van der Waals surface area contributed by atoms with Crippen LogP contribution in [0.5, 0.6) is 0 Å². The minimum atomic E-state index is -2.88. The molecule has 8 nitrogen and oxygen atoms in total. The van der Waals surface area contributed by atoms with Gasteiger partial charge in [-0.2, -0.15) is 0 Å². The van der Waals surface area contributed by atoms with Gasteiger partial charge in [-0.1, -0.05) is 0 Å². The van der Waals surface area contributed by atoms with Gasteiger partial charge in [-0.05, 0) is 0 Å². The van der Waals surface area contributed by atoms with Gasteiger partial charge < -0.3 is 36.1 Å². The lowest BCUT2D eigenvalue weighted by atomic mass is 9.87. The molecule has 0 saturated heterocycles. The van der Waals surface area contributed by atoms with Crippen LogP contribution in [0.15, 0.2) is 0 Å². The lowest BCUT2D eigenvalue weighted by molar-refractivity contribution is -0.175. The molecule has 0 aliphatic carbocycles. The number of aliphatic hydroxyl groups excluding tert-OH is 4. The van der Waals surface area contributed by atoms with Crippen LogP contribution in [-0.4, -0.2) is 68.2 Å². The van der Waals surface area contributed by atoms with Crippen molar-refractivity contribution < 1.29 is 36.5 Å². The molecule has 0 spiro atoms. The van der Waals surface area contributed by atoms with E-state index in [0.717, 1.165) is 0 Å². The van der Waals surface area contributed by atoms with E-state index >= 15 is 0 Å². The van der Waals surface area contributed by atoms with Crippen molar-refractivity contribution in [2.24, 2.45) is 5.73 Å². The molecule has 4 atom stereocenters. The molecule has 0 aliphatic rings. The maximum Gasteiger partial charge on any atom is 0.252 e. The molecule has 0 fully saturated rings. The Balaban J connectivity index is 5.06. The second-order valence-corrected chi connectivity index (χ2v) is 3.29. The molecule has 0 rings (SSSR count). The van der Waals surface area contributed by atoms with Gasteiger partial charge in [-0.25, -0.2) is 0 Å². The molecule has 0 unspecified atom stereocenters. The Labute approximate surface area is 92.3 Å². The van der Waals surface area contributed by atoms with Crippen LogP contribution < -0.4 is 5.73 Å². The van der Waals surface area contributed by atoms with Gasteiger partial charge in [-0.3, -0.25) is 4.79 Å². The van der Waals surface area contributed by atoms with Crippen LogP contribution in [0.2, 0.25) is 0 Å². The Morgan fingerprint density at radius 2 is 2.00 bits per heavy atom. The highest BCUT2D eigenvalue weighted by Crippen LogP contribution is 2.19. The summed E-state index contributed by atoms with van der Waals surface area (Å²) in [5.74, 6) is -1.53. The van der Waals surface area contributed by atoms with Crippen molar-refractivity contribution in [3.8, 4) is 0 Å². The van der Waals surface area contributed by atoms with Gasteiger partial charge in [0, 0.05) is 6.42 Å². The second-order valence-electron chi connectivity index (χ2n) is 3.29. The molecule has 0 radical (unpaired) electrons. The largest absolute Gasteiger partial charge is 0.394 e. The summed E-state index contributed by atoms with van der Waals surface area (Å²) in [4.78, 5) is 21.5. The standard InChI is InChI=1S/C8H15NO7/c9-7(15)8(16,1-2-10)6(14)5(13)4(12)3-11/h2,4-6,11-14,16H,1,3H2,(H2,9,15)/t4-,5+,6+,8-/m1/s1/i2D. The Morgan fingerprint density at radius 1 is 1.50 bits per heavy atom. The minimum Gasteiger partial charge on any atom is -0.394 e. The minimum absolute atomic E-state index is 0.943. The molecule has 1 amide bonds. The van der Waals surface area contributed by atoms with Crippen LogP contribution in [0, 0.1) is 0 Å². The molecular weight excluding hydrogens is 222 g/mol. The van der Waals surface area contributed by atoms with Gasteiger partial charge in [0.1, 0.15) is 25.9 Å². The number of primary amides is 1. The van der Waals surface area contributed by atoms with E-state index in [9.17, 15) is 24.9 Å². The lowest BCUT2D eigenvalue weighted by Gasteiger charge is -2.32. The fourth-order valence-corrected chi connectivity index (χ4v) is 1.05. The number of hydrogen-bond acceptors (Lipinski definition) is 7. The van der Waals surface area contributed by atoms with Gasteiger partial charge in [0.15, 0.2) is 5.60 Å². The molecule has 0 aromatic heterocycles. The zero-order valence-electron chi connectivity index (χ0n) is 9.28. The van der Waals surface area contributed by atoms with Crippen LogP contribution in [-0.2, 0) is 9.59 Å². The fraction of sp³-hybridized carbons (Fsp3) is 0.750. The maximum absolute atomic E-state index is 10.9. The summed E-state index contributed by atoms with van der Waals surface area (Å²) in [6.45, 7) is -0.943. The summed E-state index contributed by atoms with van der Waals surface area (Å²) in [6, 6.07) is 0. The summed E-state index contributed by atoms with van der Waals surface area (Å²) in [6.07, 6.45) is -8.78.